The number of hydrogen-bond donors (Lipinski definition) is 0. The van der Waals surface area contributed by atoms with Gasteiger partial charge in [-0.1, -0.05) is 97.9 Å². The van der Waals surface area contributed by atoms with Crippen molar-refractivity contribution in [3.8, 4) is 11.1 Å². The minimum absolute atomic E-state index is 0.309. The molecular weight excluding hydrogens is 410 g/mol. The van der Waals surface area contributed by atoms with Crippen molar-refractivity contribution >= 4 is 16.9 Å². The van der Waals surface area contributed by atoms with Crippen LogP contribution in [-0.4, -0.2) is 6.04 Å². The Morgan fingerprint density at radius 2 is 1.53 bits per heavy atom. The first-order valence-corrected chi connectivity index (χ1v) is 12.4. The van der Waals surface area contributed by atoms with Crippen LogP contribution in [-0.2, 0) is 12.8 Å². The van der Waals surface area contributed by atoms with Crippen LogP contribution in [0.3, 0.4) is 0 Å². The molecule has 164 valence electrons. The summed E-state index contributed by atoms with van der Waals surface area (Å²) in [5.74, 6) is 0.349. The van der Waals surface area contributed by atoms with E-state index in [9.17, 15) is 0 Å². The number of benzene rings is 4. The molecule has 0 spiro atoms. The maximum Gasteiger partial charge on any atom is 0.0630 e. The summed E-state index contributed by atoms with van der Waals surface area (Å²) in [5, 5.41) is 0. The average Bonchev–Trinajstić information content (AvgIpc) is 3.43. The van der Waals surface area contributed by atoms with Gasteiger partial charge in [0.15, 0.2) is 0 Å². The van der Waals surface area contributed by atoms with Crippen LogP contribution in [0.4, 0.5) is 11.4 Å². The molecule has 0 saturated carbocycles. The van der Waals surface area contributed by atoms with E-state index in [1.54, 1.807) is 0 Å². The van der Waals surface area contributed by atoms with Gasteiger partial charge in [-0.2, -0.15) is 0 Å². The first-order chi connectivity index (χ1) is 16.8. The summed E-state index contributed by atoms with van der Waals surface area (Å²) in [6, 6.07) is 34.0. The first-order valence-electron chi connectivity index (χ1n) is 12.4. The van der Waals surface area contributed by atoms with E-state index in [4.69, 9.17) is 0 Å². The number of allylic oxidation sites excluding steroid dienone is 2. The highest BCUT2D eigenvalue weighted by Gasteiger charge is 2.38. The Morgan fingerprint density at radius 3 is 2.44 bits per heavy atom. The average molecular weight is 438 g/mol. The van der Waals surface area contributed by atoms with Crippen molar-refractivity contribution in [3.05, 3.63) is 137 Å². The maximum absolute atomic E-state index is 2.56. The molecule has 1 aliphatic heterocycles. The highest BCUT2D eigenvalue weighted by Crippen LogP contribution is 2.50. The van der Waals surface area contributed by atoms with Crippen LogP contribution >= 0.6 is 0 Å². The molecule has 0 fully saturated rings. The third-order valence-electron chi connectivity index (χ3n) is 7.82. The van der Waals surface area contributed by atoms with E-state index in [2.05, 4.69) is 121 Å². The Kier molecular flexibility index (Phi) is 4.38. The van der Waals surface area contributed by atoms with Gasteiger partial charge in [0.25, 0.3) is 0 Å². The number of para-hydroxylation sites is 2. The van der Waals surface area contributed by atoms with E-state index < -0.39 is 0 Å². The van der Waals surface area contributed by atoms with Gasteiger partial charge in [0, 0.05) is 17.3 Å². The molecule has 2 aliphatic carbocycles. The van der Waals surface area contributed by atoms with E-state index >= 15 is 0 Å². The molecule has 0 bridgehead atoms. The molecule has 2 atom stereocenters. The van der Waals surface area contributed by atoms with Crippen LogP contribution in [0.2, 0.25) is 0 Å². The third-order valence-corrected chi connectivity index (χ3v) is 7.82. The minimum Gasteiger partial charge on any atom is -0.333 e. The van der Waals surface area contributed by atoms with Crippen LogP contribution in [0.5, 0.6) is 0 Å². The van der Waals surface area contributed by atoms with Gasteiger partial charge in [0.05, 0.1) is 6.04 Å². The second kappa shape index (κ2) is 7.60. The van der Waals surface area contributed by atoms with Crippen molar-refractivity contribution < 1.29 is 0 Å². The highest BCUT2D eigenvalue weighted by atomic mass is 15.2. The lowest BCUT2D eigenvalue weighted by atomic mass is 9.85. The zero-order valence-electron chi connectivity index (χ0n) is 19.4. The molecule has 0 saturated heterocycles. The van der Waals surface area contributed by atoms with Crippen LogP contribution < -0.4 is 4.90 Å². The van der Waals surface area contributed by atoms with Gasteiger partial charge in [-0.15, -0.1) is 0 Å². The maximum atomic E-state index is 2.56. The molecule has 1 heterocycles. The van der Waals surface area contributed by atoms with Gasteiger partial charge in [-0.3, -0.25) is 0 Å². The Labute approximate surface area is 201 Å². The predicted molar refractivity (Wildman–Crippen MR) is 143 cm³/mol. The topological polar surface area (TPSA) is 3.24 Å². The molecule has 0 aromatic heterocycles. The smallest absolute Gasteiger partial charge is 0.0630 e. The van der Waals surface area contributed by atoms with Gasteiger partial charge in [-0.05, 0) is 75.6 Å². The molecule has 1 heteroatoms. The fourth-order valence-electron chi connectivity index (χ4n) is 6.17. The number of aryl methyl sites for hydroxylation is 1. The lowest BCUT2D eigenvalue weighted by Gasteiger charge is -2.31. The Morgan fingerprint density at radius 1 is 0.765 bits per heavy atom. The summed E-state index contributed by atoms with van der Waals surface area (Å²) in [7, 11) is 0. The van der Waals surface area contributed by atoms with Crippen molar-refractivity contribution in [3.63, 3.8) is 0 Å². The Hall–Kier alpha value is -3.84. The van der Waals surface area contributed by atoms with Crippen molar-refractivity contribution in [1.82, 2.24) is 0 Å². The predicted octanol–water partition coefficient (Wildman–Crippen LogP) is 8.08. The van der Waals surface area contributed by atoms with Crippen LogP contribution in [0, 0.1) is 0 Å². The number of anilines is 2. The Balaban J connectivity index is 1.31. The van der Waals surface area contributed by atoms with Crippen molar-refractivity contribution in [2.24, 2.45) is 0 Å². The van der Waals surface area contributed by atoms with Gasteiger partial charge in [-0.25, -0.2) is 0 Å². The third kappa shape index (κ3) is 2.86. The summed E-state index contributed by atoms with van der Waals surface area (Å²) >= 11 is 0. The molecule has 34 heavy (non-hydrogen) atoms. The minimum atomic E-state index is 0.309. The molecule has 4 aromatic rings. The fraction of sp³-hybridized carbons (Fsp3) is 0.152. The molecular formula is C33H27N. The van der Waals surface area contributed by atoms with E-state index in [1.165, 1.54) is 55.9 Å². The lowest BCUT2D eigenvalue weighted by Crippen LogP contribution is -2.29. The SMILES string of the molecule is CCc1ccccc1N1c2ccccc2C2C=C(c3ccc4c(c3)-c3ccccc3C4)C=CC21. The molecule has 0 N–H and O–H groups in total. The van der Waals surface area contributed by atoms with Gasteiger partial charge < -0.3 is 4.90 Å². The summed E-state index contributed by atoms with van der Waals surface area (Å²) in [4.78, 5) is 2.56. The molecule has 1 nitrogen and oxygen atoms in total. The summed E-state index contributed by atoms with van der Waals surface area (Å²) < 4.78 is 0. The monoisotopic (exact) mass is 437 g/mol. The first kappa shape index (κ1) is 19.6. The number of fused-ring (bicyclic) bond motifs is 6. The summed E-state index contributed by atoms with van der Waals surface area (Å²) in [6.45, 7) is 2.25. The van der Waals surface area contributed by atoms with Crippen LogP contribution in [0.25, 0.3) is 16.7 Å². The molecule has 7 rings (SSSR count). The van der Waals surface area contributed by atoms with E-state index in [-0.39, 0.29) is 0 Å². The second-order valence-corrected chi connectivity index (χ2v) is 9.61. The van der Waals surface area contributed by atoms with Crippen LogP contribution in [0.1, 0.15) is 40.7 Å². The normalized spacial score (nSPS) is 19.3. The Bertz CT molecular complexity index is 1490. The van der Waals surface area contributed by atoms with Gasteiger partial charge >= 0.3 is 0 Å². The number of rotatable bonds is 3. The standard InChI is InChI=1S/C33H27N/c1-2-22-9-4-7-13-31(22)34-32-14-8-6-12-28(32)30-21-24(17-18-33(30)34)23-15-16-26-19-25-10-3-5-11-27(25)29(26)20-23/h3-18,20-21,30,33H,2,19H2,1H3. The molecule has 0 radical (unpaired) electrons. The zero-order chi connectivity index (χ0) is 22.6. The lowest BCUT2D eigenvalue weighted by molar-refractivity contribution is 0.744. The molecule has 0 amide bonds. The highest BCUT2D eigenvalue weighted by molar-refractivity contribution is 5.86. The second-order valence-electron chi connectivity index (χ2n) is 9.61. The quantitative estimate of drug-likeness (QED) is 0.276. The van der Waals surface area contributed by atoms with E-state index in [0.717, 1.165) is 12.8 Å². The fourth-order valence-corrected chi connectivity index (χ4v) is 6.17. The van der Waals surface area contributed by atoms with E-state index in [0.29, 0.717) is 12.0 Å². The van der Waals surface area contributed by atoms with E-state index in [1.807, 2.05) is 0 Å². The zero-order valence-corrected chi connectivity index (χ0v) is 19.4. The van der Waals surface area contributed by atoms with Crippen LogP contribution in [0.15, 0.2) is 109 Å². The van der Waals surface area contributed by atoms with Gasteiger partial charge in [0.1, 0.15) is 0 Å². The number of hydrogen-bond acceptors (Lipinski definition) is 1. The van der Waals surface area contributed by atoms with Crippen molar-refractivity contribution in [1.29, 1.82) is 0 Å². The summed E-state index contributed by atoms with van der Waals surface area (Å²) in [5.41, 5.74) is 13.8. The summed E-state index contributed by atoms with van der Waals surface area (Å²) in [6.07, 6.45) is 9.35. The molecule has 2 unspecified atom stereocenters. The van der Waals surface area contributed by atoms with Crippen molar-refractivity contribution in [2.75, 3.05) is 4.90 Å². The number of nitrogens with zero attached hydrogens (tertiary/aromatic N) is 1. The molecule has 4 aromatic carbocycles. The van der Waals surface area contributed by atoms with Gasteiger partial charge in [0.2, 0.25) is 0 Å². The molecule has 3 aliphatic rings. The largest absolute Gasteiger partial charge is 0.333 e. The van der Waals surface area contributed by atoms with Crippen molar-refractivity contribution in [2.45, 2.75) is 31.7 Å².